The number of likely N-dealkylation sites (N-methyl/N-ethyl adjacent to an activating group) is 1. The van der Waals surface area contributed by atoms with Crippen molar-refractivity contribution < 1.29 is 33.4 Å². The molecule has 0 aliphatic rings. The lowest BCUT2D eigenvalue weighted by Gasteiger charge is -2.31. The zero-order valence-electron chi connectivity index (χ0n) is 35.9. The maximum atomic E-state index is 13.2. The molecule has 8 heteroatoms. The van der Waals surface area contributed by atoms with Gasteiger partial charge in [-0.25, -0.2) is 0 Å². The highest BCUT2D eigenvalue weighted by molar-refractivity contribution is 5.77. The van der Waals surface area contributed by atoms with E-state index in [2.05, 4.69) is 38.2 Å². The minimum Gasteiger partial charge on any atom is -0.464 e. The van der Waals surface area contributed by atoms with Gasteiger partial charge < -0.3 is 24.0 Å². The number of quaternary nitrogens is 1. The first kappa shape index (κ1) is 51.8. The molecule has 0 fully saturated rings. The zero-order chi connectivity index (χ0) is 39.8. The van der Waals surface area contributed by atoms with Gasteiger partial charge in [-0.05, 0) is 64.2 Å². The lowest BCUT2D eigenvalue weighted by molar-refractivity contribution is -0.883. The van der Waals surface area contributed by atoms with Gasteiger partial charge in [-0.15, -0.1) is 0 Å². The van der Waals surface area contributed by atoms with E-state index in [4.69, 9.17) is 9.47 Å². The fraction of sp³-hybridized carbons (Fsp3) is 0.848. The monoisotopic (exact) mass is 764 g/mol. The molecule has 54 heavy (non-hydrogen) atoms. The number of carbonyl (C=O) groups is 3. The Morgan fingerprint density at radius 2 is 0.852 bits per heavy atom. The molecule has 0 aromatic rings. The van der Waals surface area contributed by atoms with Gasteiger partial charge in [0.1, 0.15) is 19.8 Å². The van der Waals surface area contributed by atoms with Crippen LogP contribution in [0.5, 0.6) is 0 Å². The van der Waals surface area contributed by atoms with Gasteiger partial charge in [-0.3, -0.25) is 14.4 Å². The van der Waals surface area contributed by atoms with Gasteiger partial charge in [0.15, 0.2) is 6.54 Å². The molecule has 0 saturated carbocycles. The molecule has 0 rings (SSSR count). The summed E-state index contributed by atoms with van der Waals surface area (Å²) >= 11 is 0. The predicted molar refractivity (Wildman–Crippen MR) is 226 cm³/mol. The van der Waals surface area contributed by atoms with Crippen molar-refractivity contribution in [1.29, 1.82) is 0 Å². The van der Waals surface area contributed by atoms with Crippen molar-refractivity contribution in [3.05, 3.63) is 24.3 Å². The van der Waals surface area contributed by atoms with Crippen LogP contribution in [-0.2, 0) is 23.9 Å². The number of nitrogens with zero attached hydrogens (tertiary/aromatic N) is 2. The number of amides is 1. The van der Waals surface area contributed by atoms with Crippen molar-refractivity contribution in [3.8, 4) is 0 Å². The highest BCUT2D eigenvalue weighted by Crippen LogP contribution is 2.12. The third kappa shape index (κ3) is 36.8. The molecule has 1 amide bonds. The first-order valence-corrected chi connectivity index (χ1v) is 22.6. The summed E-state index contributed by atoms with van der Waals surface area (Å²) in [4.78, 5) is 39.6. The molecule has 0 radical (unpaired) electrons. The Hall–Kier alpha value is -2.19. The molecule has 0 atom stereocenters. The lowest BCUT2D eigenvalue weighted by atomic mass is 10.1. The quantitative estimate of drug-likeness (QED) is 0.0289. The summed E-state index contributed by atoms with van der Waals surface area (Å²) in [6.45, 7) is 5.90. The van der Waals surface area contributed by atoms with Crippen molar-refractivity contribution in [2.24, 2.45) is 0 Å². The standard InChI is InChI=1S/C46H87N2O6/c1-5-7-9-11-13-15-17-19-21-23-25-27-29-31-33-35-45(51)53-41-37-47(44(50)43-48(3,4)39-40-49)38-42-54-46(52)36-34-32-30-28-26-24-22-20-18-16-14-12-10-8-6-2/h19-22,49H,5-18,23-43H2,1-4H3/q+1. The fourth-order valence-electron chi connectivity index (χ4n) is 6.54. The molecule has 8 nitrogen and oxygen atoms in total. The average Bonchev–Trinajstić information content (AvgIpc) is 3.13. The van der Waals surface area contributed by atoms with E-state index in [0.717, 1.165) is 51.4 Å². The van der Waals surface area contributed by atoms with Crippen molar-refractivity contribution in [2.75, 3.05) is 60.1 Å². The van der Waals surface area contributed by atoms with Gasteiger partial charge in [0.2, 0.25) is 0 Å². The second kappa shape index (κ2) is 39.1. The molecule has 0 bridgehead atoms. The predicted octanol–water partition coefficient (Wildman–Crippen LogP) is 11.0. The Balaban J connectivity index is 4.18. The van der Waals surface area contributed by atoms with Crippen LogP contribution >= 0.6 is 0 Å². The summed E-state index contributed by atoms with van der Waals surface area (Å²) in [6, 6.07) is 0. The second-order valence-corrected chi connectivity index (χ2v) is 16.0. The Morgan fingerprint density at radius 1 is 0.519 bits per heavy atom. The Kier molecular flexibility index (Phi) is 37.5. The zero-order valence-corrected chi connectivity index (χ0v) is 35.9. The van der Waals surface area contributed by atoms with Gasteiger partial charge in [0.25, 0.3) is 5.91 Å². The minimum absolute atomic E-state index is 0.0117. The van der Waals surface area contributed by atoms with E-state index in [9.17, 15) is 19.5 Å². The van der Waals surface area contributed by atoms with Gasteiger partial charge in [0, 0.05) is 12.8 Å². The first-order chi connectivity index (χ1) is 26.3. The number of carbonyl (C=O) groups excluding carboxylic acids is 3. The van der Waals surface area contributed by atoms with E-state index >= 15 is 0 Å². The summed E-state index contributed by atoms with van der Waals surface area (Å²) in [7, 11) is 3.79. The molecule has 0 aromatic heterocycles. The van der Waals surface area contributed by atoms with E-state index < -0.39 is 0 Å². The summed E-state index contributed by atoms with van der Waals surface area (Å²) in [5.74, 6) is -0.583. The smallest absolute Gasteiger partial charge is 0.305 e. The van der Waals surface area contributed by atoms with Crippen LogP contribution in [0, 0.1) is 0 Å². The number of hydrogen-bond donors (Lipinski definition) is 1. The Labute approximate surface area is 333 Å². The van der Waals surface area contributed by atoms with Crippen LogP contribution in [0.15, 0.2) is 24.3 Å². The number of rotatable bonds is 40. The molecule has 1 N–H and O–H groups in total. The Morgan fingerprint density at radius 3 is 1.20 bits per heavy atom. The maximum absolute atomic E-state index is 13.2. The third-order valence-electron chi connectivity index (χ3n) is 10.2. The number of aliphatic hydroxyl groups is 1. The molecule has 0 saturated heterocycles. The van der Waals surface area contributed by atoms with Crippen molar-refractivity contribution in [2.45, 2.75) is 194 Å². The Bertz CT molecular complexity index is 876. The van der Waals surface area contributed by atoms with E-state index in [1.807, 2.05) is 14.1 Å². The summed E-state index contributed by atoms with van der Waals surface area (Å²) in [5, 5.41) is 9.41. The van der Waals surface area contributed by atoms with Crippen LogP contribution in [-0.4, -0.2) is 92.4 Å². The van der Waals surface area contributed by atoms with Gasteiger partial charge in [0.05, 0.1) is 33.8 Å². The van der Waals surface area contributed by atoms with E-state index in [0.29, 0.717) is 23.9 Å². The third-order valence-corrected chi connectivity index (χ3v) is 10.2. The maximum Gasteiger partial charge on any atom is 0.305 e. The van der Waals surface area contributed by atoms with Crippen LogP contribution < -0.4 is 0 Å². The van der Waals surface area contributed by atoms with Crippen molar-refractivity contribution >= 4 is 17.8 Å². The molecule has 0 aliphatic carbocycles. The van der Waals surface area contributed by atoms with Crippen LogP contribution in [0.2, 0.25) is 0 Å². The highest BCUT2D eigenvalue weighted by atomic mass is 16.5. The number of allylic oxidation sites excluding steroid dienone is 4. The molecular formula is C46H87N2O6+. The highest BCUT2D eigenvalue weighted by Gasteiger charge is 2.24. The van der Waals surface area contributed by atoms with Crippen LogP contribution in [0.4, 0.5) is 0 Å². The second-order valence-electron chi connectivity index (χ2n) is 16.0. The molecule has 0 aliphatic heterocycles. The van der Waals surface area contributed by atoms with Gasteiger partial charge in [-0.1, -0.05) is 141 Å². The van der Waals surface area contributed by atoms with E-state index in [-0.39, 0.29) is 57.3 Å². The van der Waals surface area contributed by atoms with Crippen molar-refractivity contribution in [1.82, 2.24) is 4.90 Å². The molecule has 0 unspecified atom stereocenters. The molecule has 0 heterocycles. The number of unbranched alkanes of at least 4 members (excludes halogenated alkanes) is 22. The molecule has 0 aromatic carbocycles. The average molecular weight is 764 g/mol. The number of hydrogen-bond acceptors (Lipinski definition) is 6. The molecule has 0 spiro atoms. The van der Waals surface area contributed by atoms with Gasteiger partial charge in [-0.2, -0.15) is 0 Å². The largest absolute Gasteiger partial charge is 0.464 e. The van der Waals surface area contributed by atoms with Crippen LogP contribution in [0.25, 0.3) is 0 Å². The summed E-state index contributed by atoms with van der Waals surface area (Å²) in [6.07, 6.45) is 41.6. The van der Waals surface area contributed by atoms with Crippen LogP contribution in [0.1, 0.15) is 194 Å². The molecular weight excluding hydrogens is 677 g/mol. The summed E-state index contributed by atoms with van der Waals surface area (Å²) < 4.78 is 11.3. The number of aliphatic hydroxyl groups excluding tert-OH is 1. The fourth-order valence-corrected chi connectivity index (χ4v) is 6.54. The molecule has 316 valence electrons. The van der Waals surface area contributed by atoms with E-state index in [1.165, 1.54) is 116 Å². The van der Waals surface area contributed by atoms with Crippen LogP contribution in [0.3, 0.4) is 0 Å². The topological polar surface area (TPSA) is 93.1 Å². The van der Waals surface area contributed by atoms with Crippen molar-refractivity contribution in [3.63, 3.8) is 0 Å². The first-order valence-electron chi connectivity index (χ1n) is 22.6. The lowest BCUT2D eigenvalue weighted by Crippen LogP contribution is -2.51. The number of esters is 2. The SMILES string of the molecule is CCCCCCCCC=CCCCCCCCC(=O)OCCN(CCOC(=O)CCCCCCCC=CCCCCCCCC)C(=O)C[N+](C)(C)CCO. The number of ether oxygens (including phenoxy) is 2. The summed E-state index contributed by atoms with van der Waals surface area (Å²) in [5.41, 5.74) is 0. The van der Waals surface area contributed by atoms with Gasteiger partial charge >= 0.3 is 11.9 Å². The minimum atomic E-state index is -0.234. The normalized spacial score (nSPS) is 11.9. The van der Waals surface area contributed by atoms with E-state index in [1.54, 1.807) is 4.90 Å².